The van der Waals surface area contributed by atoms with E-state index < -0.39 is 42.5 Å². The molecule has 0 aliphatic heterocycles. The number of carbonyl (C=O) groups is 1. The fourth-order valence-electron chi connectivity index (χ4n) is 3.24. The van der Waals surface area contributed by atoms with Crippen LogP contribution in [0.25, 0.3) is 11.2 Å². The summed E-state index contributed by atoms with van der Waals surface area (Å²) in [5, 5.41) is 0. The maximum absolute atomic E-state index is 13.0. The van der Waals surface area contributed by atoms with Crippen molar-refractivity contribution in [2.45, 2.75) is 38.5 Å². The number of rotatable bonds is 5. The minimum absolute atomic E-state index is 0.000941. The summed E-state index contributed by atoms with van der Waals surface area (Å²) in [7, 11) is 2.71. The van der Waals surface area contributed by atoms with Crippen LogP contribution in [0.5, 0.6) is 0 Å². The highest BCUT2D eigenvalue weighted by molar-refractivity contribution is 5.79. The predicted octanol–water partition coefficient (Wildman–Crippen LogP) is 0.623. The van der Waals surface area contributed by atoms with Crippen molar-refractivity contribution in [3.05, 3.63) is 27.2 Å². The van der Waals surface area contributed by atoms with Crippen LogP contribution in [0.4, 0.5) is 13.2 Å². The molecular formula is C16H20F3N5O3. The summed E-state index contributed by atoms with van der Waals surface area (Å²) in [4.78, 5) is 41.8. The second kappa shape index (κ2) is 6.54. The number of aromatic nitrogens is 4. The average molecular weight is 387 g/mol. The van der Waals surface area contributed by atoms with E-state index in [0.717, 1.165) is 26.9 Å². The first-order chi connectivity index (χ1) is 12.5. The summed E-state index contributed by atoms with van der Waals surface area (Å²) in [6.07, 6.45) is -1.74. The maximum atomic E-state index is 13.0. The molecule has 0 N–H and O–H groups in total. The number of amides is 1. The second-order valence-electron chi connectivity index (χ2n) is 6.97. The number of aryl methyl sites for hydroxylation is 1. The van der Waals surface area contributed by atoms with Crippen molar-refractivity contribution in [2.24, 2.45) is 20.0 Å². The number of hydrogen-bond donors (Lipinski definition) is 0. The number of nitrogens with zero attached hydrogens (tertiary/aromatic N) is 5. The van der Waals surface area contributed by atoms with E-state index in [1.165, 1.54) is 25.0 Å². The number of alkyl halides is 3. The number of imidazole rings is 1. The average Bonchev–Trinajstić information content (AvgIpc) is 3.35. The Balaban J connectivity index is 1.96. The molecule has 0 saturated heterocycles. The van der Waals surface area contributed by atoms with Gasteiger partial charge in [-0.2, -0.15) is 13.2 Å². The molecule has 1 amide bonds. The van der Waals surface area contributed by atoms with Crippen molar-refractivity contribution in [3.8, 4) is 0 Å². The van der Waals surface area contributed by atoms with E-state index in [-0.39, 0.29) is 17.1 Å². The van der Waals surface area contributed by atoms with Crippen LogP contribution in [-0.4, -0.2) is 48.3 Å². The Bertz CT molecular complexity index is 1000. The fraction of sp³-hybridized carbons (Fsp3) is 0.625. The standard InChI is InChI=1S/C16H20F3N5O3/c1-9(10-4-5-10)24(7-16(17,18)19)11(25)6-23-8-20-13-12(23)14(26)22(3)15(27)21(13)2/h8-10H,4-7H2,1-3H3/t9-/m1/s1. The molecule has 0 bridgehead atoms. The van der Waals surface area contributed by atoms with E-state index in [0.29, 0.717) is 0 Å². The lowest BCUT2D eigenvalue weighted by atomic mass is 10.1. The van der Waals surface area contributed by atoms with Crippen LogP contribution in [0.15, 0.2) is 15.9 Å². The van der Waals surface area contributed by atoms with Crippen molar-refractivity contribution >= 4 is 17.1 Å². The molecule has 2 aromatic rings. The van der Waals surface area contributed by atoms with E-state index in [9.17, 15) is 27.6 Å². The molecular weight excluding hydrogens is 367 g/mol. The zero-order chi connectivity index (χ0) is 20.1. The summed E-state index contributed by atoms with van der Waals surface area (Å²) in [5.41, 5.74) is -1.16. The molecule has 0 radical (unpaired) electrons. The van der Waals surface area contributed by atoms with E-state index in [4.69, 9.17) is 0 Å². The van der Waals surface area contributed by atoms with Crippen LogP contribution in [0.2, 0.25) is 0 Å². The smallest absolute Gasteiger partial charge is 0.329 e. The van der Waals surface area contributed by atoms with Crippen molar-refractivity contribution in [1.29, 1.82) is 0 Å². The van der Waals surface area contributed by atoms with E-state index in [2.05, 4.69) is 4.98 Å². The molecule has 27 heavy (non-hydrogen) atoms. The molecule has 148 valence electrons. The van der Waals surface area contributed by atoms with Gasteiger partial charge in [0.25, 0.3) is 5.56 Å². The van der Waals surface area contributed by atoms with Gasteiger partial charge in [-0.15, -0.1) is 0 Å². The lowest BCUT2D eigenvalue weighted by Crippen LogP contribution is -2.47. The molecule has 1 saturated carbocycles. The third kappa shape index (κ3) is 3.62. The molecule has 0 aromatic carbocycles. The molecule has 1 fully saturated rings. The molecule has 2 heterocycles. The van der Waals surface area contributed by atoms with Crippen molar-refractivity contribution in [1.82, 2.24) is 23.6 Å². The Hall–Kier alpha value is -2.59. The van der Waals surface area contributed by atoms with Gasteiger partial charge in [0.15, 0.2) is 11.2 Å². The summed E-state index contributed by atoms with van der Waals surface area (Å²) in [6, 6.07) is -0.541. The number of halogens is 3. The topological polar surface area (TPSA) is 82.1 Å². The summed E-state index contributed by atoms with van der Waals surface area (Å²) in [5.74, 6) is -0.688. The largest absolute Gasteiger partial charge is 0.406 e. The van der Waals surface area contributed by atoms with Crippen LogP contribution in [-0.2, 0) is 25.4 Å². The molecule has 1 aliphatic rings. The Kier molecular flexibility index (Phi) is 4.64. The monoisotopic (exact) mass is 387 g/mol. The molecule has 2 aromatic heterocycles. The summed E-state index contributed by atoms with van der Waals surface area (Å²) < 4.78 is 42.1. The Morgan fingerprint density at radius 2 is 1.93 bits per heavy atom. The van der Waals surface area contributed by atoms with Crippen molar-refractivity contribution in [2.75, 3.05) is 6.54 Å². The first-order valence-electron chi connectivity index (χ1n) is 8.48. The SMILES string of the molecule is C[C@H](C1CC1)N(CC(F)(F)F)C(=O)Cn1cnc2c1c(=O)n(C)c(=O)n2C. The minimum Gasteiger partial charge on any atom is -0.329 e. The van der Waals surface area contributed by atoms with Crippen LogP contribution in [0.1, 0.15) is 19.8 Å². The molecule has 8 nitrogen and oxygen atoms in total. The second-order valence-corrected chi connectivity index (χ2v) is 6.97. The summed E-state index contributed by atoms with van der Waals surface area (Å²) >= 11 is 0. The van der Waals surface area contributed by atoms with E-state index in [1.54, 1.807) is 6.92 Å². The van der Waals surface area contributed by atoms with Crippen molar-refractivity contribution < 1.29 is 18.0 Å². The first-order valence-corrected chi connectivity index (χ1v) is 8.48. The van der Waals surface area contributed by atoms with Crippen LogP contribution in [0.3, 0.4) is 0 Å². The van der Waals surface area contributed by atoms with Crippen LogP contribution in [0, 0.1) is 5.92 Å². The maximum Gasteiger partial charge on any atom is 0.406 e. The Morgan fingerprint density at radius 1 is 1.30 bits per heavy atom. The van der Waals surface area contributed by atoms with Gasteiger partial charge in [0.1, 0.15) is 13.1 Å². The van der Waals surface area contributed by atoms with Gasteiger partial charge in [-0.1, -0.05) is 0 Å². The molecule has 0 unspecified atom stereocenters. The molecule has 1 atom stereocenters. The lowest BCUT2D eigenvalue weighted by molar-refractivity contribution is -0.166. The van der Waals surface area contributed by atoms with Gasteiger partial charge in [0.05, 0.1) is 6.33 Å². The highest BCUT2D eigenvalue weighted by Gasteiger charge is 2.40. The van der Waals surface area contributed by atoms with Crippen LogP contribution < -0.4 is 11.2 Å². The van der Waals surface area contributed by atoms with Gasteiger partial charge in [-0.3, -0.25) is 18.7 Å². The lowest BCUT2D eigenvalue weighted by Gasteiger charge is -2.30. The van der Waals surface area contributed by atoms with E-state index in [1.807, 2.05) is 0 Å². The van der Waals surface area contributed by atoms with Gasteiger partial charge in [-0.25, -0.2) is 9.78 Å². The number of fused-ring (bicyclic) bond motifs is 1. The van der Waals surface area contributed by atoms with Gasteiger partial charge in [-0.05, 0) is 25.7 Å². The van der Waals surface area contributed by atoms with E-state index >= 15 is 0 Å². The number of hydrogen-bond acceptors (Lipinski definition) is 4. The normalized spacial score (nSPS) is 15.9. The highest BCUT2D eigenvalue weighted by atomic mass is 19.4. The number of carbonyl (C=O) groups excluding carboxylic acids is 1. The van der Waals surface area contributed by atoms with Crippen molar-refractivity contribution in [3.63, 3.8) is 0 Å². The summed E-state index contributed by atoms with van der Waals surface area (Å²) in [6.45, 7) is -0.195. The van der Waals surface area contributed by atoms with Crippen LogP contribution >= 0.6 is 0 Å². The quantitative estimate of drug-likeness (QED) is 0.753. The Labute approximate surface area is 151 Å². The van der Waals surface area contributed by atoms with Gasteiger partial charge in [0.2, 0.25) is 5.91 Å². The molecule has 11 heteroatoms. The molecule has 0 spiro atoms. The molecule has 1 aliphatic carbocycles. The zero-order valence-electron chi connectivity index (χ0n) is 15.2. The van der Waals surface area contributed by atoms with Gasteiger partial charge < -0.3 is 9.47 Å². The fourth-order valence-corrected chi connectivity index (χ4v) is 3.24. The molecule has 3 rings (SSSR count). The van der Waals surface area contributed by atoms with Gasteiger partial charge in [0, 0.05) is 20.1 Å². The third-order valence-corrected chi connectivity index (χ3v) is 4.99. The Morgan fingerprint density at radius 3 is 2.48 bits per heavy atom. The third-order valence-electron chi connectivity index (χ3n) is 4.99. The zero-order valence-corrected chi connectivity index (χ0v) is 15.2. The first kappa shape index (κ1) is 19.2. The highest BCUT2D eigenvalue weighted by Crippen LogP contribution is 2.36. The predicted molar refractivity (Wildman–Crippen MR) is 90.2 cm³/mol. The van der Waals surface area contributed by atoms with Gasteiger partial charge >= 0.3 is 11.9 Å². The minimum atomic E-state index is -4.52.